The summed E-state index contributed by atoms with van der Waals surface area (Å²) in [6.45, 7) is 0.204. The molecule has 0 aliphatic rings. The summed E-state index contributed by atoms with van der Waals surface area (Å²) in [6, 6.07) is 9.64. The van der Waals surface area contributed by atoms with E-state index in [0.29, 0.717) is 12.0 Å². The van der Waals surface area contributed by atoms with E-state index in [1.165, 1.54) is 16.7 Å². The minimum Gasteiger partial charge on any atom is -0.352 e. The van der Waals surface area contributed by atoms with Crippen LogP contribution in [0.1, 0.15) is 17.5 Å². The lowest BCUT2D eigenvalue weighted by Gasteiger charge is -2.06. The molecule has 0 saturated heterocycles. The zero-order valence-corrected chi connectivity index (χ0v) is 11.8. The highest BCUT2D eigenvalue weighted by atomic mass is 19.1. The highest BCUT2D eigenvalue weighted by molar-refractivity contribution is 5.76. The molecule has 1 amide bonds. The molecule has 0 spiro atoms. The fourth-order valence-corrected chi connectivity index (χ4v) is 2.02. The maximum absolute atomic E-state index is 13.0. The van der Waals surface area contributed by atoms with Gasteiger partial charge in [-0.1, -0.05) is 18.2 Å². The number of carbonyl (C=O) groups excluding carboxylic acids is 1. The Morgan fingerprint density at radius 1 is 1.29 bits per heavy atom. The Morgan fingerprint density at radius 3 is 2.86 bits per heavy atom. The third kappa shape index (κ3) is 4.27. The van der Waals surface area contributed by atoms with Gasteiger partial charge in [0, 0.05) is 31.8 Å². The average Bonchev–Trinajstić information content (AvgIpc) is 2.47. The first-order valence-electron chi connectivity index (χ1n) is 6.72. The van der Waals surface area contributed by atoms with Gasteiger partial charge in [0.25, 0.3) is 5.56 Å². The molecular weight excluding hydrogens is 271 g/mol. The van der Waals surface area contributed by atoms with E-state index < -0.39 is 0 Å². The lowest BCUT2D eigenvalue weighted by Crippen LogP contribution is -2.28. The number of carbonyl (C=O) groups is 1. The second-order valence-corrected chi connectivity index (χ2v) is 4.86. The first-order chi connectivity index (χ1) is 10.1. The Kier molecular flexibility index (Phi) is 4.87. The number of rotatable bonds is 5. The molecule has 0 atom stereocenters. The zero-order valence-electron chi connectivity index (χ0n) is 11.8. The molecule has 1 N–H and O–H groups in total. The van der Waals surface area contributed by atoms with Crippen LogP contribution in [0.2, 0.25) is 0 Å². The summed E-state index contributed by atoms with van der Waals surface area (Å²) in [6.07, 6.45) is 2.39. The molecule has 110 valence electrons. The van der Waals surface area contributed by atoms with E-state index in [2.05, 4.69) is 5.32 Å². The molecule has 4 nitrogen and oxygen atoms in total. The number of nitrogens with zero attached hydrogens (tertiary/aromatic N) is 1. The third-order valence-corrected chi connectivity index (χ3v) is 3.21. The number of nitrogens with one attached hydrogen (secondary N) is 1. The molecule has 0 fully saturated rings. The van der Waals surface area contributed by atoms with E-state index in [4.69, 9.17) is 0 Å². The van der Waals surface area contributed by atoms with Crippen molar-refractivity contribution in [3.05, 3.63) is 69.9 Å². The molecule has 0 aliphatic heterocycles. The van der Waals surface area contributed by atoms with Gasteiger partial charge >= 0.3 is 0 Å². The van der Waals surface area contributed by atoms with Crippen molar-refractivity contribution in [2.75, 3.05) is 0 Å². The number of aromatic nitrogens is 1. The van der Waals surface area contributed by atoms with Crippen LogP contribution in [-0.2, 0) is 24.8 Å². The lowest BCUT2D eigenvalue weighted by molar-refractivity contribution is -0.121. The van der Waals surface area contributed by atoms with Crippen molar-refractivity contribution in [2.24, 2.45) is 7.05 Å². The fourth-order valence-electron chi connectivity index (χ4n) is 2.02. The number of hydrogen-bond donors (Lipinski definition) is 1. The van der Waals surface area contributed by atoms with Crippen LogP contribution in [0.25, 0.3) is 0 Å². The summed E-state index contributed by atoms with van der Waals surface area (Å²) in [5.41, 5.74) is 1.20. The molecule has 21 heavy (non-hydrogen) atoms. The van der Waals surface area contributed by atoms with Gasteiger partial charge in [0.2, 0.25) is 5.91 Å². The van der Waals surface area contributed by atoms with Crippen molar-refractivity contribution >= 4 is 5.91 Å². The van der Waals surface area contributed by atoms with Crippen molar-refractivity contribution in [3.63, 3.8) is 0 Å². The highest BCUT2D eigenvalue weighted by Crippen LogP contribution is 2.06. The van der Waals surface area contributed by atoms with Gasteiger partial charge in [-0.05, 0) is 30.2 Å². The second-order valence-electron chi connectivity index (χ2n) is 4.86. The Hall–Kier alpha value is -2.43. The van der Waals surface area contributed by atoms with Gasteiger partial charge in [0.05, 0.1) is 0 Å². The summed E-state index contributed by atoms with van der Waals surface area (Å²) in [5, 5.41) is 2.71. The van der Waals surface area contributed by atoms with Gasteiger partial charge in [-0.25, -0.2) is 4.39 Å². The van der Waals surface area contributed by atoms with Crippen LogP contribution in [0.15, 0.2) is 47.4 Å². The van der Waals surface area contributed by atoms with Crippen molar-refractivity contribution in [1.29, 1.82) is 0 Å². The van der Waals surface area contributed by atoms with Gasteiger partial charge in [0.15, 0.2) is 0 Å². The van der Waals surface area contributed by atoms with E-state index in [1.807, 2.05) is 0 Å². The normalized spacial score (nSPS) is 10.4. The lowest BCUT2D eigenvalue weighted by atomic mass is 10.1. The standard InChI is InChI=1S/C16H17FN2O2/c1-19-9-3-5-13(16(19)21)11-18-15(20)8-7-12-4-2-6-14(17)10-12/h2-6,9-10H,7-8,11H2,1H3,(H,18,20). The topological polar surface area (TPSA) is 51.1 Å². The summed E-state index contributed by atoms with van der Waals surface area (Å²) < 4.78 is 14.5. The fraction of sp³-hybridized carbons (Fsp3) is 0.250. The SMILES string of the molecule is Cn1cccc(CNC(=O)CCc2cccc(F)c2)c1=O. The quantitative estimate of drug-likeness (QED) is 0.911. The van der Waals surface area contributed by atoms with Crippen LogP contribution in [0.4, 0.5) is 4.39 Å². The summed E-state index contributed by atoms with van der Waals surface area (Å²) in [7, 11) is 1.66. The van der Waals surface area contributed by atoms with Crippen molar-refractivity contribution in [1.82, 2.24) is 9.88 Å². The van der Waals surface area contributed by atoms with Gasteiger partial charge < -0.3 is 9.88 Å². The van der Waals surface area contributed by atoms with Crippen LogP contribution in [0.5, 0.6) is 0 Å². The third-order valence-electron chi connectivity index (χ3n) is 3.21. The maximum atomic E-state index is 13.0. The summed E-state index contributed by atoms with van der Waals surface area (Å²) in [5.74, 6) is -0.467. The minimum absolute atomic E-state index is 0.122. The molecule has 0 radical (unpaired) electrons. The largest absolute Gasteiger partial charge is 0.352 e. The van der Waals surface area contributed by atoms with E-state index in [1.54, 1.807) is 37.5 Å². The molecule has 5 heteroatoms. The van der Waals surface area contributed by atoms with E-state index >= 15 is 0 Å². The molecule has 2 rings (SSSR count). The van der Waals surface area contributed by atoms with Crippen LogP contribution in [0.3, 0.4) is 0 Å². The van der Waals surface area contributed by atoms with E-state index in [0.717, 1.165) is 5.56 Å². The molecule has 0 bridgehead atoms. The predicted octanol–water partition coefficient (Wildman–Crippen LogP) is 1.77. The van der Waals surface area contributed by atoms with Crippen molar-refractivity contribution in [3.8, 4) is 0 Å². The number of amides is 1. The predicted molar refractivity (Wildman–Crippen MR) is 78.3 cm³/mol. The zero-order chi connectivity index (χ0) is 15.2. The molecule has 0 unspecified atom stereocenters. The molecule has 1 aromatic heterocycles. The summed E-state index contributed by atoms with van der Waals surface area (Å²) >= 11 is 0. The van der Waals surface area contributed by atoms with Crippen LogP contribution < -0.4 is 10.9 Å². The van der Waals surface area contributed by atoms with Crippen molar-refractivity contribution < 1.29 is 9.18 Å². The van der Waals surface area contributed by atoms with E-state index in [9.17, 15) is 14.0 Å². The Morgan fingerprint density at radius 2 is 2.10 bits per heavy atom. The maximum Gasteiger partial charge on any atom is 0.255 e. The van der Waals surface area contributed by atoms with Crippen molar-refractivity contribution in [2.45, 2.75) is 19.4 Å². The van der Waals surface area contributed by atoms with Crippen LogP contribution in [0, 0.1) is 5.82 Å². The molecular formula is C16H17FN2O2. The summed E-state index contributed by atoms with van der Waals surface area (Å²) in [4.78, 5) is 23.5. The monoisotopic (exact) mass is 288 g/mol. The number of benzene rings is 1. The van der Waals surface area contributed by atoms with Gasteiger partial charge in [-0.3, -0.25) is 9.59 Å². The number of hydrogen-bond acceptors (Lipinski definition) is 2. The van der Waals surface area contributed by atoms with Crippen LogP contribution in [-0.4, -0.2) is 10.5 Å². The second kappa shape index (κ2) is 6.83. The molecule has 0 aliphatic carbocycles. The van der Waals surface area contributed by atoms with Gasteiger partial charge in [-0.2, -0.15) is 0 Å². The first kappa shape index (κ1) is 15.0. The Bertz CT molecular complexity index is 695. The van der Waals surface area contributed by atoms with Gasteiger partial charge in [0.1, 0.15) is 5.82 Å². The smallest absolute Gasteiger partial charge is 0.255 e. The van der Waals surface area contributed by atoms with E-state index in [-0.39, 0.29) is 30.2 Å². The number of pyridine rings is 1. The molecule has 1 aromatic carbocycles. The van der Waals surface area contributed by atoms with Crippen LogP contribution >= 0.6 is 0 Å². The number of aryl methyl sites for hydroxylation is 2. The average molecular weight is 288 g/mol. The molecule has 0 saturated carbocycles. The highest BCUT2D eigenvalue weighted by Gasteiger charge is 2.05. The van der Waals surface area contributed by atoms with Gasteiger partial charge in [-0.15, -0.1) is 0 Å². The number of halogens is 1. The molecule has 1 heterocycles. The Balaban J connectivity index is 1.85. The minimum atomic E-state index is -0.305. The molecule has 2 aromatic rings. The Labute approximate surface area is 122 Å². The first-order valence-corrected chi connectivity index (χ1v) is 6.72.